The Morgan fingerprint density at radius 1 is 0.667 bits per heavy atom. The second kappa shape index (κ2) is 30.9. The molecule has 9 amide bonds. The molecule has 25 heteroatoms. The summed E-state index contributed by atoms with van der Waals surface area (Å²) in [7, 11) is 0. The third-order valence-electron chi connectivity index (χ3n) is 11.2. The van der Waals surface area contributed by atoms with Crippen LogP contribution < -0.4 is 59.7 Å². The number of fused-ring (bicyclic) bond motifs is 1. The number of aromatic amines is 1. The first-order valence-corrected chi connectivity index (χ1v) is 25.3. The number of aliphatic carboxylic acids is 1. The maximum atomic E-state index is 13.8. The van der Waals surface area contributed by atoms with Crippen molar-refractivity contribution in [1.29, 1.82) is 0 Å². The fraction of sp³-hybridized carbons (Fsp3) is 0.489. The molecule has 0 fully saturated rings. The minimum Gasteiger partial charge on any atom is -0.480 e. The number of hydrogen-bond donors (Lipinski definition) is 14. The van der Waals surface area contributed by atoms with E-state index in [0.29, 0.717) is 30.7 Å². The minimum atomic E-state index is -1.62. The van der Waals surface area contributed by atoms with Crippen LogP contribution in [0.15, 0.2) is 60.8 Å². The average molecular weight is 1040 g/mol. The SMILES string of the molecule is CSCC[C@H](NC(=O)CNC(=O)[C@H](CC(N)=O)NC(=O)CNC(=O)[C@H](Cc1ccccc1)NC(=O)[C@@H](NC(=O)[C@@H](N)Cc1c[nH]c2ccccc12)C(C)C)C(=O)N[C@@H](CS)C(=O)N[C@@H](CCCCN)C(=O)O. The highest BCUT2D eigenvalue weighted by molar-refractivity contribution is 7.98. The van der Waals surface area contributed by atoms with Crippen LogP contribution in [0.2, 0.25) is 0 Å². The van der Waals surface area contributed by atoms with Gasteiger partial charge in [-0.25, -0.2) is 4.79 Å². The van der Waals surface area contributed by atoms with Crippen LogP contribution in [-0.2, 0) is 60.8 Å². The Kier molecular flexibility index (Phi) is 25.6. The van der Waals surface area contributed by atoms with Crippen molar-refractivity contribution >= 4 is 94.4 Å². The zero-order valence-corrected chi connectivity index (χ0v) is 42.2. The summed E-state index contributed by atoms with van der Waals surface area (Å²) in [4.78, 5) is 133. The molecule has 1 aromatic heterocycles. The van der Waals surface area contributed by atoms with Crippen LogP contribution in [0.3, 0.4) is 0 Å². The van der Waals surface area contributed by atoms with Crippen LogP contribution in [0, 0.1) is 5.92 Å². The summed E-state index contributed by atoms with van der Waals surface area (Å²) in [6.45, 7) is 2.28. The van der Waals surface area contributed by atoms with Gasteiger partial charge in [-0.1, -0.05) is 62.4 Å². The Hall–Kier alpha value is -6.70. The van der Waals surface area contributed by atoms with Crippen molar-refractivity contribution in [1.82, 2.24) is 47.5 Å². The fourth-order valence-corrected chi connectivity index (χ4v) is 7.95. The highest BCUT2D eigenvalue weighted by Crippen LogP contribution is 2.19. The topological polar surface area (TPSA) is 381 Å². The summed E-state index contributed by atoms with van der Waals surface area (Å²) in [6, 6.07) is 7.48. The molecule has 0 spiro atoms. The molecule has 394 valence electrons. The number of unbranched alkanes of at least 4 members (excludes halogenated alkanes) is 1. The Morgan fingerprint density at radius 2 is 1.25 bits per heavy atom. The number of carbonyl (C=O) groups excluding carboxylic acids is 9. The molecule has 3 aromatic rings. The number of thiol groups is 1. The molecule has 72 heavy (non-hydrogen) atoms. The van der Waals surface area contributed by atoms with E-state index in [2.05, 4.69) is 60.1 Å². The number of nitrogens with two attached hydrogens (primary N) is 3. The van der Waals surface area contributed by atoms with E-state index in [1.165, 1.54) is 11.8 Å². The molecule has 7 atom stereocenters. The summed E-state index contributed by atoms with van der Waals surface area (Å²) < 4.78 is 0. The lowest BCUT2D eigenvalue weighted by Gasteiger charge is -2.26. The number of carbonyl (C=O) groups is 10. The van der Waals surface area contributed by atoms with E-state index in [1.807, 2.05) is 24.3 Å². The highest BCUT2D eigenvalue weighted by Gasteiger charge is 2.33. The molecule has 2 aromatic carbocycles. The second-order valence-electron chi connectivity index (χ2n) is 17.2. The van der Waals surface area contributed by atoms with Gasteiger partial charge in [0.1, 0.15) is 36.3 Å². The monoisotopic (exact) mass is 1040 g/mol. The molecule has 0 aliphatic heterocycles. The van der Waals surface area contributed by atoms with Gasteiger partial charge in [0.15, 0.2) is 0 Å². The summed E-state index contributed by atoms with van der Waals surface area (Å²) >= 11 is 5.49. The van der Waals surface area contributed by atoms with Crippen LogP contribution in [0.1, 0.15) is 57.1 Å². The van der Waals surface area contributed by atoms with Crippen molar-refractivity contribution in [3.63, 3.8) is 0 Å². The van der Waals surface area contributed by atoms with Crippen molar-refractivity contribution in [3.8, 4) is 0 Å². The molecule has 0 aliphatic rings. The third kappa shape index (κ3) is 20.2. The number of para-hydroxylation sites is 1. The zero-order valence-electron chi connectivity index (χ0n) is 40.5. The maximum Gasteiger partial charge on any atom is 0.326 e. The lowest BCUT2D eigenvalue weighted by atomic mass is 9.99. The number of primary amides is 1. The van der Waals surface area contributed by atoms with Crippen molar-refractivity contribution in [2.75, 3.05) is 37.4 Å². The van der Waals surface area contributed by atoms with Crippen molar-refractivity contribution in [2.45, 2.75) is 101 Å². The van der Waals surface area contributed by atoms with E-state index in [4.69, 9.17) is 17.2 Å². The van der Waals surface area contributed by atoms with Gasteiger partial charge in [-0.3, -0.25) is 43.2 Å². The summed E-state index contributed by atoms with van der Waals surface area (Å²) in [5.41, 5.74) is 19.5. The Labute approximate surface area is 427 Å². The van der Waals surface area contributed by atoms with Crippen molar-refractivity contribution < 1.29 is 53.1 Å². The fourth-order valence-electron chi connectivity index (χ4n) is 7.22. The van der Waals surface area contributed by atoms with Gasteiger partial charge in [0.25, 0.3) is 0 Å². The van der Waals surface area contributed by atoms with Gasteiger partial charge in [0.2, 0.25) is 53.2 Å². The van der Waals surface area contributed by atoms with Crippen LogP contribution in [0.25, 0.3) is 10.9 Å². The van der Waals surface area contributed by atoms with Crippen molar-refractivity contribution in [2.24, 2.45) is 23.1 Å². The number of amides is 9. The molecule has 0 saturated heterocycles. The number of carboxylic acid groups (broad SMARTS) is 1. The van der Waals surface area contributed by atoms with Crippen molar-refractivity contribution in [3.05, 3.63) is 71.9 Å². The first kappa shape index (κ1) is 59.6. The number of nitrogens with one attached hydrogen (secondary N) is 9. The second-order valence-corrected chi connectivity index (χ2v) is 18.6. The van der Waals surface area contributed by atoms with E-state index >= 15 is 0 Å². The minimum absolute atomic E-state index is 0.0261. The molecular weight excluding hydrogens is 973 g/mol. The quantitative estimate of drug-likeness (QED) is 0.0234. The van der Waals surface area contributed by atoms with E-state index in [-0.39, 0.29) is 31.4 Å². The molecule has 0 bridgehead atoms. The number of H-pyrrole nitrogens is 1. The van der Waals surface area contributed by atoms with Crippen LogP contribution in [0.5, 0.6) is 0 Å². The highest BCUT2D eigenvalue weighted by atomic mass is 32.2. The lowest BCUT2D eigenvalue weighted by Crippen LogP contribution is -2.58. The van der Waals surface area contributed by atoms with Gasteiger partial charge in [0.05, 0.1) is 25.6 Å². The molecule has 3 rings (SSSR count). The molecule has 0 aliphatic carbocycles. The van der Waals surface area contributed by atoms with E-state index in [0.717, 1.165) is 16.5 Å². The molecule has 0 radical (unpaired) electrons. The number of carboxylic acids is 1. The molecule has 0 unspecified atom stereocenters. The summed E-state index contributed by atoms with van der Waals surface area (Å²) in [6.07, 6.45) is 4.14. The largest absolute Gasteiger partial charge is 0.480 e. The van der Waals surface area contributed by atoms with Gasteiger partial charge in [0, 0.05) is 29.3 Å². The van der Waals surface area contributed by atoms with Crippen LogP contribution in [-0.4, -0.2) is 149 Å². The summed E-state index contributed by atoms with van der Waals surface area (Å²) in [5.74, 6) is -9.05. The Balaban J connectivity index is 1.63. The predicted molar refractivity (Wildman–Crippen MR) is 274 cm³/mol. The Morgan fingerprint density at radius 3 is 1.85 bits per heavy atom. The third-order valence-corrected chi connectivity index (χ3v) is 12.2. The lowest BCUT2D eigenvalue weighted by molar-refractivity contribution is -0.142. The van der Waals surface area contributed by atoms with E-state index in [9.17, 15) is 53.1 Å². The molecule has 1 heterocycles. The number of benzene rings is 2. The number of rotatable bonds is 32. The average Bonchev–Trinajstić information content (AvgIpc) is 3.75. The number of thioether (sulfide) groups is 1. The molecular formula is C47H68N12O11S2. The zero-order chi connectivity index (χ0) is 53.3. The van der Waals surface area contributed by atoms with E-state index < -0.39 is 127 Å². The van der Waals surface area contributed by atoms with Gasteiger partial charge in [-0.2, -0.15) is 24.4 Å². The van der Waals surface area contributed by atoms with Crippen LogP contribution in [0.4, 0.5) is 0 Å². The normalized spacial score (nSPS) is 14.0. The first-order chi connectivity index (χ1) is 34.3. The molecule has 23 nitrogen and oxygen atoms in total. The maximum absolute atomic E-state index is 13.8. The molecule has 0 saturated carbocycles. The van der Waals surface area contributed by atoms with Gasteiger partial charge in [-0.15, -0.1) is 0 Å². The Bertz CT molecular complexity index is 2340. The summed E-state index contributed by atoms with van der Waals surface area (Å²) in [5, 5.41) is 30.2. The predicted octanol–water partition coefficient (Wildman–Crippen LogP) is -2.15. The van der Waals surface area contributed by atoms with Gasteiger partial charge in [-0.05, 0) is 73.8 Å². The molecule has 16 N–H and O–H groups in total. The van der Waals surface area contributed by atoms with Gasteiger partial charge < -0.3 is 69.8 Å². The van der Waals surface area contributed by atoms with E-state index in [1.54, 1.807) is 56.6 Å². The first-order valence-electron chi connectivity index (χ1n) is 23.3. The number of aromatic nitrogens is 1. The van der Waals surface area contributed by atoms with Crippen LogP contribution >= 0.6 is 24.4 Å². The number of hydrogen-bond acceptors (Lipinski definition) is 14. The smallest absolute Gasteiger partial charge is 0.326 e. The standard InChI is InChI=1S/C47H68N12O11S2/c1-26(2)40(59-41(63)30(49)20-28-22-51-31-14-8-7-13-29(28)31)46(68)57-34(19-27-11-5-4-6-12-27)42(64)52-24-39(62)55-35(21-37(50)60)43(65)53-23-38(61)54-32(16-18-72-3)44(66)58-36(25-71)45(67)56-33(47(69)70)15-9-10-17-48/h4-8,11-14,22,26,30,32-36,40,51,71H,9-10,15-21,23-25,48-49H2,1-3H3,(H2,50,60)(H,52,64)(H,53,65)(H,54,61)(H,55,62)(H,56,67)(H,57,68)(H,58,66)(H,59,63)(H,69,70)/t30-,32-,33-,34-,35-,36-,40-/m0/s1. The van der Waals surface area contributed by atoms with Gasteiger partial charge >= 0.3 is 5.97 Å².